The minimum absolute atomic E-state index is 0.0462. The number of halogens is 1. The molecule has 2 aliphatic rings. The largest absolute Gasteiger partial charge is 0.352 e. The van der Waals surface area contributed by atoms with E-state index in [-0.39, 0.29) is 11.7 Å². The third-order valence-electron chi connectivity index (χ3n) is 4.23. The van der Waals surface area contributed by atoms with E-state index in [0.717, 1.165) is 28.3 Å². The molecule has 2 aromatic carbocycles. The van der Waals surface area contributed by atoms with Gasteiger partial charge in [0.25, 0.3) is 0 Å². The van der Waals surface area contributed by atoms with E-state index in [2.05, 4.69) is 17.5 Å². The second-order valence-corrected chi connectivity index (χ2v) is 6.00. The molecule has 2 aromatic rings. The van der Waals surface area contributed by atoms with Gasteiger partial charge < -0.3 is 5.32 Å². The van der Waals surface area contributed by atoms with Crippen LogP contribution in [0.15, 0.2) is 72.0 Å². The summed E-state index contributed by atoms with van der Waals surface area (Å²) in [4.78, 5) is 12.8. The summed E-state index contributed by atoms with van der Waals surface area (Å²) in [7, 11) is 0. The van der Waals surface area contributed by atoms with Gasteiger partial charge in [-0.1, -0.05) is 54.1 Å². The molecule has 1 atom stereocenters. The number of anilines is 1. The van der Waals surface area contributed by atoms with Crippen LogP contribution in [0.3, 0.4) is 0 Å². The Hall–Kier alpha value is -2.32. The van der Waals surface area contributed by atoms with E-state index >= 15 is 0 Å². The number of rotatable bonds is 2. The van der Waals surface area contributed by atoms with Crippen LogP contribution in [-0.4, -0.2) is 5.78 Å². The highest BCUT2D eigenvalue weighted by atomic mass is 35.5. The molecule has 0 spiro atoms. The van der Waals surface area contributed by atoms with Gasteiger partial charge in [0, 0.05) is 22.2 Å². The number of hydrogen-bond acceptors (Lipinski definition) is 2. The van der Waals surface area contributed by atoms with Crippen LogP contribution in [0.1, 0.15) is 28.3 Å². The lowest BCUT2D eigenvalue weighted by atomic mass is 9.86. The van der Waals surface area contributed by atoms with Crippen LogP contribution >= 0.6 is 11.6 Å². The van der Waals surface area contributed by atoms with Crippen molar-refractivity contribution in [2.24, 2.45) is 0 Å². The molecule has 2 nitrogen and oxygen atoms in total. The van der Waals surface area contributed by atoms with Crippen LogP contribution in [-0.2, 0) is 0 Å². The molecule has 1 aliphatic carbocycles. The summed E-state index contributed by atoms with van der Waals surface area (Å²) in [6.45, 7) is 0. The van der Waals surface area contributed by atoms with E-state index in [1.807, 2.05) is 48.5 Å². The summed E-state index contributed by atoms with van der Waals surface area (Å²) in [5.74, 6) is 0.197. The number of hydrogen-bond donors (Lipinski definition) is 1. The van der Waals surface area contributed by atoms with Gasteiger partial charge in [0.1, 0.15) is 0 Å². The molecule has 0 saturated carbocycles. The third kappa shape index (κ3) is 2.08. The monoisotopic (exact) mass is 307 g/mol. The number of allylic oxidation sites excluding steroid dienone is 4. The van der Waals surface area contributed by atoms with Gasteiger partial charge in [-0.25, -0.2) is 0 Å². The van der Waals surface area contributed by atoms with Gasteiger partial charge in [-0.3, -0.25) is 4.79 Å². The highest BCUT2D eigenvalue weighted by molar-refractivity contribution is 6.30. The smallest absolute Gasteiger partial charge is 0.209 e. The van der Waals surface area contributed by atoms with Crippen molar-refractivity contribution in [2.75, 3.05) is 5.32 Å². The topological polar surface area (TPSA) is 29.1 Å². The first-order chi connectivity index (χ1) is 10.7. The van der Waals surface area contributed by atoms with E-state index in [1.165, 1.54) is 0 Å². The van der Waals surface area contributed by atoms with Crippen LogP contribution in [0.5, 0.6) is 0 Å². The molecule has 108 valence electrons. The fourth-order valence-corrected chi connectivity index (χ4v) is 3.36. The van der Waals surface area contributed by atoms with Crippen LogP contribution in [0.25, 0.3) is 0 Å². The number of ketones is 1. The molecule has 0 radical (unpaired) electrons. The number of carbonyl (C=O) groups excluding carboxylic acids is 1. The third-order valence-corrected chi connectivity index (χ3v) is 4.47. The number of carbonyl (C=O) groups is 1. The second kappa shape index (κ2) is 5.15. The van der Waals surface area contributed by atoms with E-state index < -0.39 is 0 Å². The average Bonchev–Trinajstić information content (AvgIpc) is 3.04. The van der Waals surface area contributed by atoms with Crippen molar-refractivity contribution in [1.82, 2.24) is 0 Å². The minimum Gasteiger partial charge on any atom is -0.352 e. The molecule has 3 heteroatoms. The number of fused-ring (bicyclic) bond motifs is 3. The van der Waals surface area contributed by atoms with Crippen molar-refractivity contribution in [3.63, 3.8) is 0 Å². The van der Waals surface area contributed by atoms with Crippen LogP contribution in [0.4, 0.5) is 5.69 Å². The first-order valence-electron chi connectivity index (χ1n) is 7.30. The number of nitrogens with one attached hydrogen (secondary N) is 1. The lowest BCUT2D eigenvalue weighted by Gasteiger charge is -2.27. The molecule has 4 rings (SSSR count). The van der Waals surface area contributed by atoms with Gasteiger partial charge in [0.05, 0.1) is 5.70 Å². The summed E-state index contributed by atoms with van der Waals surface area (Å²) in [6.07, 6.45) is 5.08. The van der Waals surface area contributed by atoms with Gasteiger partial charge in [-0.15, -0.1) is 0 Å². The summed E-state index contributed by atoms with van der Waals surface area (Å²) in [5.41, 5.74) is 4.64. The molecule has 0 aromatic heterocycles. The maximum atomic E-state index is 12.8. The molecular formula is C19H14ClNO. The quantitative estimate of drug-likeness (QED) is 0.628. The summed E-state index contributed by atoms with van der Waals surface area (Å²) in [6, 6.07) is 15.2. The summed E-state index contributed by atoms with van der Waals surface area (Å²) >= 11 is 6.13. The fraction of sp³-hybridized carbons (Fsp3) is 0.105. The predicted octanol–water partition coefficient (Wildman–Crippen LogP) is 4.95. The van der Waals surface area contributed by atoms with Crippen LogP contribution in [0, 0.1) is 0 Å². The summed E-state index contributed by atoms with van der Waals surface area (Å²) in [5, 5.41) is 4.05. The van der Waals surface area contributed by atoms with E-state index in [0.29, 0.717) is 11.3 Å². The first kappa shape index (κ1) is 13.4. The molecule has 0 bridgehead atoms. The first-order valence-corrected chi connectivity index (χ1v) is 7.68. The highest BCUT2D eigenvalue weighted by Crippen LogP contribution is 2.44. The van der Waals surface area contributed by atoms with Crippen LogP contribution < -0.4 is 5.32 Å². The minimum atomic E-state index is 0.0462. The molecule has 1 aliphatic heterocycles. The van der Waals surface area contributed by atoms with Gasteiger partial charge >= 0.3 is 0 Å². The molecule has 0 saturated heterocycles. The van der Waals surface area contributed by atoms with Crippen molar-refractivity contribution >= 4 is 23.1 Å². The molecule has 1 unspecified atom stereocenters. The lowest BCUT2D eigenvalue weighted by molar-refractivity contribution is 0.103. The van der Waals surface area contributed by atoms with Crippen molar-refractivity contribution in [3.8, 4) is 0 Å². The Morgan fingerprint density at radius 2 is 1.95 bits per heavy atom. The van der Waals surface area contributed by atoms with Crippen molar-refractivity contribution < 1.29 is 4.79 Å². The molecular weight excluding hydrogens is 294 g/mol. The molecule has 0 amide bonds. The normalized spacial score (nSPS) is 18.7. The Labute approximate surface area is 134 Å². The van der Waals surface area contributed by atoms with Crippen molar-refractivity contribution in [3.05, 3.63) is 88.1 Å². The molecule has 0 fully saturated rings. The fourth-order valence-electron chi connectivity index (χ4n) is 3.18. The van der Waals surface area contributed by atoms with E-state index in [9.17, 15) is 4.79 Å². The van der Waals surface area contributed by atoms with Crippen LogP contribution in [0.2, 0.25) is 5.02 Å². The Kier molecular flexibility index (Phi) is 3.12. The zero-order chi connectivity index (χ0) is 15.1. The Balaban J connectivity index is 1.81. The predicted molar refractivity (Wildman–Crippen MR) is 89.4 cm³/mol. The molecule has 22 heavy (non-hydrogen) atoms. The number of benzene rings is 2. The Morgan fingerprint density at radius 1 is 1.14 bits per heavy atom. The number of Topliss-reactive ketones (excluding diaryl/α,β-unsaturated/α-hetero) is 1. The molecule has 1 heterocycles. The standard InChI is InChI=1S/C19H14ClNO/c20-13-9-10-17-16(11-13)14-7-4-8-15(14)18(21-17)19(22)12-5-2-1-3-6-12/h1-7,9-11,14,21H,8H2. The summed E-state index contributed by atoms with van der Waals surface area (Å²) < 4.78 is 0. The maximum Gasteiger partial charge on any atom is 0.209 e. The SMILES string of the molecule is O=C(C1=C2CC=CC2c2cc(Cl)ccc2N1)c1ccccc1. The average molecular weight is 308 g/mol. The van der Waals surface area contributed by atoms with E-state index in [4.69, 9.17) is 11.6 Å². The Bertz CT molecular complexity index is 821. The second-order valence-electron chi connectivity index (χ2n) is 5.56. The van der Waals surface area contributed by atoms with Gasteiger partial charge in [-0.2, -0.15) is 0 Å². The lowest BCUT2D eigenvalue weighted by Crippen LogP contribution is -2.21. The Morgan fingerprint density at radius 3 is 2.77 bits per heavy atom. The van der Waals surface area contributed by atoms with E-state index in [1.54, 1.807) is 0 Å². The van der Waals surface area contributed by atoms with Gasteiger partial charge in [0.2, 0.25) is 5.78 Å². The zero-order valence-electron chi connectivity index (χ0n) is 11.8. The zero-order valence-corrected chi connectivity index (χ0v) is 12.6. The van der Waals surface area contributed by atoms with Gasteiger partial charge in [-0.05, 0) is 35.8 Å². The van der Waals surface area contributed by atoms with Gasteiger partial charge in [0.15, 0.2) is 0 Å². The van der Waals surface area contributed by atoms with Crippen molar-refractivity contribution in [1.29, 1.82) is 0 Å². The highest BCUT2D eigenvalue weighted by Gasteiger charge is 2.31. The maximum absolute atomic E-state index is 12.8. The van der Waals surface area contributed by atoms with Crippen molar-refractivity contribution in [2.45, 2.75) is 12.3 Å². The molecule has 1 N–H and O–H groups in total.